The van der Waals surface area contributed by atoms with Gasteiger partial charge in [0.1, 0.15) is 11.8 Å². The lowest BCUT2D eigenvalue weighted by Gasteiger charge is -2.18. The smallest absolute Gasteiger partial charge is 0.326 e. The molecule has 0 saturated heterocycles. The Morgan fingerprint density at radius 2 is 1.68 bits per heavy atom. The molecule has 0 fully saturated rings. The van der Waals surface area contributed by atoms with Crippen LogP contribution in [0.5, 0.6) is 5.75 Å². The number of guanidine groups is 1. The number of phenolic OH excluding ortho intramolecular Hbond substituents is 1. The molecule has 0 bridgehead atoms. The van der Waals surface area contributed by atoms with Gasteiger partial charge in [0, 0.05) is 19.9 Å². The second-order valence-corrected chi connectivity index (χ2v) is 5.84. The molecule has 0 radical (unpaired) electrons. The van der Waals surface area contributed by atoms with Crippen molar-refractivity contribution in [3.8, 4) is 5.75 Å². The number of carboxylic acids is 2. The Morgan fingerprint density at radius 1 is 1.14 bits per heavy atom. The van der Waals surface area contributed by atoms with Crippen LogP contribution in [0, 0.1) is 0 Å². The number of hydrogen-bond donors (Lipinski definition) is 7. The molecule has 0 aliphatic carbocycles. The molecule has 0 aliphatic heterocycles. The first-order chi connectivity index (χ1) is 13.0. The fourth-order valence-corrected chi connectivity index (χ4v) is 2.00. The lowest BCUT2D eigenvalue weighted by atomic mass is 10.0. The van der Waals surface area contributed by atoms with Gasteiger partial charge in [-0.05, 0) is 30.5 Å². The second kappa shape index (κ2) is 12.9. The minimum absolute atomic E-state index is 0.0344. The molecule has 11 heteroatoms. The fraction of sp³-hybridized carbons (Fsp3) is 0.412. The number of nitrogens with two attached hydrogens (primary N) is 3. The van der Waals surface area contributed by atoms with Crippen molar-refractivity contribution in [2.24, 2.45) is 22.2 Å². The normalized spacial score (nSPS) is 11.9. The summed E-state index contributed by atoms with van der Waals surface area (Å²) in [5.74, 6) is -2.50. The molecule has 11 nitrogen and oxygen atoms in total. The molecular formula is C17H27N5O6. The van der Waals surface area contributed by atoms with Gasteiger partial charge >= 0.3 is 5.97 Å². The van der Waals surface area contributed by atoms with Crippen LogP contribution in [0.1, 0.15) is 25.3 Å². The number of nitrogens with one attached hydrogen (secondary N) is 1. The average molecular weight is 397 g/mol. The number of amides is 1. The molecule has 2 unspecified atom stereocenters. The molecule has 0 aromatic heterocycles. The highest BCUT2D eigenvalue weighted by Gasteiger charge is 2.23. The van der Waals surface area contributed by atoms with Gasteiger partial charge in [0.2, 0.25) is 5.91 Å². The molecule has 156 valence electrons. The molecule has 1 amide bonds. The van der Waals surface area contributed by atoms with Crippen LogP contribution in [-0.2, 0) is 20.8 Å². The van der Waals surface area contributed by atoms with E-state index in [1.165, 1.54) is 12.1 Å². The first-order valence-electron chi connectivity index (χ1n) is 8.34. The van der Waals surface area contributed by atoms with Crippen LogP contribution in [0.25, 0.3) is 0 Å². The molecule has 1 aromatic carbocycles. The predicted octanol–water partition coefficient (Wildman–Crippen LogP) is -1.02. The number of aliphatic carboxylic acids is 2. The maximum atomic E-state index is 12.0. The van der Waals surface area contributed by atoms with E-state index in [1.807, 2.05) is 0 Å². The monoisotopic (exact) mass is 397 g/mol. The number of carboxylic acid groups (broad SMARTS) is 2. The van der Waals surface area contributed by atoms with Gasteiger partial charge in [0.15, 0.2) is 5.96 Å². The third-order valence-electron chi connectivity index (χ3n) is 3.30. The van der Waals surface area contributed by atoms with Crippen LogP contribution in [0.15, 0.2) is 29.3 Å². The SMILES string of the molecule is CC(=O)O.NC(N)=NCCCC(N)C(=O)NC(Cc1ccc(O)cc1)C(=O)O. The van der Waals surface area contributed by atoms with E-state index in [9.17, 15) is 19.8 Å². The Balaban J connectivity index is 0.00000165. The Kier molecular flexibility index (Phi) is 11.4. The molecule has 1 rings (SSSR count). The standard InChI is InChI=1S/C15H23N5O4.C2H4O2/c16-11(2-1-7-19-15(17)18)13(22)20-12(14(23)24)8-9-3-5-10(21)6-4-9;1-2(3)4/h3-6,11-12,21H,1-2,7-8,16H2,(H,20,22)(H,23,24)(H4,17,18,19);1H3,(H,3,4). The Morgan fingerprint density at radius 3 is 2.14 bits per heavy atom. The van der Waals surface area contributed by atoms with Crippen LogP contribution in [0.4, 0.5) is 0 Å². The number of benzene rings is 1. The minimum atomic E-state index is -1.16. The summed E-state index contributed by atoms with van der Waals surface area (Å²) in [5.41, 5.74) is 16.8. The number of hydrogen-bond acceptors (Lipinski definition) is 6. The van der Waals surface area contributed by atoms with Gasteiger partial charge in [-0.1, -0.05) is 12.1 Å². The van der Waals surface area contributed by atoms with Crippen LogP contribution in [-0.4, -0.2) is 57.8 Å². The zero-order valence-electron chi connectivity index (χ0n) is 15.5. The van der Waals surface area contributed by atoms with Crippen molar-refractivity contribution in [2.45, 2.75) is 38.3 Å². The summed E-state index contributed by atoms with van der Waals surface area (Å²) in [6, 6.07) is 4.13. The van der Waals surface area contributed by atoms with Crippen LogP contribution < -0.4 is 22.5 Å². The van der Waals surface area contributed by atoms with Gasteiger partial charge in [-0.25, -0.2) is 4.79 Å². The molecule has 0 aliphatic rings. The minimum Gasteiger partial charge on any atom is -0.508 e. The first-order valence-corrected chi connectivity index (χ1v) is 8.34. The summed E-state index contributed by atoms with van der Waals surface area (Å²) in [4.78, 5) is 36.1. The van der Waals surface area contributed by atoms with E-state index in [-0.39, 0.29) is 18.1 Å². The highest BCUT2D eigenvalue weighted by molar-refractivity contribution is 5.86. The van der Waals surface area contributed by atoms with Crippen molar-refractivity contribution in [3.05, 3.63) is 29.8 Å². The molecule has 0 heterocycles. The topological polar surface area (TPSA) is 214 Å². The quantitative estimate of drug-likeness (QED) is 0.154. The van der Waals surface area contributed by atoms with Gasteiger partial charge in [0.05, 0.1) is 6.04 Å². The molecule has 10 N–H and O–H groups in total. The number of rotatable bonds is 9. The number of carbonyl (C=O) groups is 3. The molecule has 0 saturated carbocycles. The van der Waals surface area contributed by atoms with Crippen molar-refractivity contribution in [1.29, 1.82) is 0 Å². The highest BCUT2D eigenvalue weighted by atomic mass is 16.4. The van der Waals surface area contributed by atoms with Crippen LogP contribution >= 0.6 is 0 Å². The summed E-state index contributed by atoms with van der Waals surface area (Å²) in [6.07, 6.45) is 0.915. The second-order valence-electron chi connectivity index (χ2n) is 5.84. The van der Waals surface area contributed by atoms with Crippen LogP contribution in [0.2, 0.25) is 0 Å². The van der Waals surface area contributed by atoms with E-state index in [0.717, 1.165) is 6.92 Å². The van der Waals surface area contributed by atoms with Crippen LogP contribution in [0.3, 0.4) is 0 Å². The predicted molar refractivity (Wildman–Crippen MR) is 103 cm³/mol. The summed E-state index contributed by atoms with van der Waals surface area (Å²) in [7, 11) is 0. The largest absolute Gasteiger partial charge is 0.508 e. The molecule has 28 heavy (non-hydrogen) atoms. The van der Waals surface area contributed by atoms with E-state index >= 15 is 0 Å². The fourth-order valence-electron chi connectivity index (χ4n) is 2.00. The lowest BCUT2D eigenvalue weighted by molar-refractivity contribution is -0.142. The molecule has 2 atom stereocenters. The maximum absolute atomic E-state index is 12.0. The summed E-state index contributed by atoms with van der Waals surface area (Å²) in [5, 5.41) is 28.3. The number of aliphatic imine (C=N–C) groups is 1. The van der Waals surface area contributed by atoms with Crippen molar-refractivity contribution < 1.29 is 29.7 Å². The van der Waals surface area contributed by atoms with Gasteiger partial charge in [-0.15, -0.1) is 0 Å². The van der Waals surface area contributed by atoms with Gasteiger partial charge in [-0.3, -0.25) is 14.6 Å². The van der Waals surface area contributed by atoms with E-state index in [2.05, 4.69) is 10.3 Å². The van der Waals surface area contributed by atoms with Crippen molar-refractivity contribution >= 4 is 23.8 Å². The van der Waals surface area contributed by atoms with Crippen molar-refractivity contribution in [1.82, 2.24) is 5.32 Å². The van der Waals surface area contributed by atoms with Gasteiger partial charge in [-0.2, -0.15) is 0 Å². The van der Waals surface area contributed by atoms with Crippen molar-refractivity contribution in [3.63, 3.8) is 0 Å². The lowest BCUT2D eigenvalue weighted by Crippen LogP contribution is -2.49. The number of phenols is 1. The Labute approximate surface area is 162 Å². The average Bonchev–Trinajstić information content (AvgIpc) is 2.58. The van der Waals surface area contributed by atoms with Crippen molar-refractivity contribution in [2.75, 3.05) is 6.54 Å². The molecular weight excluding hydrogens is 370 g/mol. The maximum Gasteiger partial charge on any atom is 0.326 e. The van der Waals surface area contributed by atoms with E-state index < -0.39 is 29.9 Å². The van der Waals surface area contributed by atoms with E-state index in [0.29, 0.717) is 24.9 Å². The highest BCUT2D eigenvalue weighted by Crippen LogP contribution is 2.11. The summed E-state index contributed by atoms with van der Waals surface area (Å²) >= 11 is 0. The van der Waals surface area contributed by atoms with E-state index in [4.69, 9.17) is 27.1 Å². The molecule has 1 aromatic rings. The Hall–Kier alpha value is -3.34. The van der Waals surface area contributed by atoms with E-state index in [1.54, 1.807) is 12.1 Å². The van der Waals surface area contributed by atoms with Gasteiger partial charge < -0.3 is 37.8 Å². The summed E-state index contributed by atoms with van der Waals surface area (Å²) in [6.45, 7) is 1.43. The number of nitrogens with zero attached hydrogens (tertiary/aromatic N) is 1. The number of aromatic hydroxyl groups is 1. The summed E-state index contributed by atoms with van der Waals surface area (Å²) < 4.78 is 0. The zero-order valence-corrected chi connectivity index (χ0v) is 15.5. The Bertz CT molecular complexity index is 669. The van der Waals surface area contributed by atoms with Gasteiger partial charge in [0.25, 0.3) is 5.97 Å². The third kappa shape index (κ3) is 12.1. The third-order valence-corrected chi connectivity index (χ3v) is 3.30. The molecule has 0 spiro atoms. The first kappa shape index (κ1) is 24.7. The number of carbonyl (C=O) groups excluding carboxylic acids is 1. The zero-order chi connectivity index (χ0) is 21.7.